The van der Waals surface area contributed by atoms with Gasteiger partial charge < -0.3 is 10.2 Å². The van der Waals surface area contributed by atoms with E-state index >= 15 is 0 Å². The van der Waals surface area contributed by atoms with E-state index in [0.717, 1.165) is 12.1 Å². The van der Waals surface area contributed by atoms with Gasteiger partial charge in [0.05, 0.1) is 10.6 Å². The number of likely N-dealkylation sites (tertiary alicyclic amines) is 1. The van der Waals surface area contributed by atoms with Crippen LogP contribution in [0.2, 0.25) is 5.02 Å². The first kappa shape index (κ1) is 20.3. The molecule has 0 bridgehead atoms. The van der Waals surface area contributed by atoms with Crippen LogP contribution in [0.3, 0.4) is 0 Å². The summed E-state index contributed by atoms with van der Waals surface area (Å²) < 4.78 is 38.8. The highest BCUT2D eigenvalue weighted by Gasteiger charge is 2.34. The van der Waals surface area contributed by atoms with Crippen molar-refractivity contribution in [2.75, 3.05) is 11.9 Å². The lowest BCUT2D eigenvalue weighted by Crippen LogP contribution is -2.42. The molecule has 1 aliphatic rings. The minimum absolute atomic E-state index is 0.188. The van der Waals surface area contributed by atoms with Crippen LogP contribution in [0.15, 0.2) is 35.9 Å². The summed E-state index contributed by atoms with van der Waals surface area (Å²) in [7, 11) is 0. The van der Waals surface area contributed by atoms with Crippen LogP contribution in [0.1, 0.15) is 24.0 Å². The van der Waals surface area contributed by atoms with E-state index in [1.807, 2.05) is 0 Å². The Morgan fingerprint density at radius 2 is 2.14 bits per heavy atom. The molecule has 3 rings (SSSR count). The van der Waals surface area contributed by atoms with Gasteiger partial charge in [-0.2, -0.15) is 13.2 Å². The Morgan fingerprint density at radius 1 is 1.36 bits per heavy atom. The molecular formula is C18H15ClF3N3O2S. The van der Waals surface area contributed by atoms with Crippen molar-refractivity contribution >= 4 is 46.0 Å². The van der Waals surface area contributed by atoms with E-state index < -0.39 is 28.7 Å². The Hall–Kier alpha value is -2.39. The van der Waals surface area contributed by atoms with E-state index in [9.17, 15) is 22.8 Å². The molecule has 0 spiro atoms. The van der Waals surface area contributed by atoms with Crippen LogP contribution >= 0.6 is 22.9 Å². The molecule has 1 fully saturated rings. The Bertz CT molecular complexity index is 900. The monoisotopic (exact) mass is 429 g/mol. The van der Waals surface area contributed by atoms with E-state index in [-0.39, 0.29) is 11.5 Å². The van der Waals surface area contributed by atoms with Gasteiger partial charge in [0.2, 0.25) is 11.8 Å². The Kier molecular flexibility index (Phi) is 6.04. The molecule has 2 amide bonds. The fourth-order valence-electron chi connectivity index (χ4n) is 2.90. The maximum Gasteiger partial charge on any atom is 0.417 e. The summed E-state index contributed by atoms with van der Waals surface area (Å²) in [6.45, 7) is 0.396. The van der Waals surface area contributed by atoms with Gasteiger partial charge in [-0.1, -0.05) is 17.7 Å². The molecule has 5 nitrogen and oxygen atoms in total. The van der Waals surface area contributed by atoms with Crippen LogP contribution in [0, 0.1) is 0 Å². The van der Waals surface area contributed by atoms with E-state index in [1.54, 1.807) is 11.6 Å². The molecule has 0 aliphatic carbocycles. The zero-order valence-electron chi connectivity index (χ0n) is 14.4. The van der Waals surface area contributed by atoms with Crippen molar-refractivity contribution in [2.24, 2.45) is 0 Å². The number of nitrogens with one attached hydrogen (secondary N) is 1. The number of thiazole rings is 1. The van der Waals surface area contributed by atoms with Gasteiger partial charge in [-0.3, -0.25) is 9.59 Å². The van der Waals surface area contributed by atoms with Crippen LogP contribution in [-0.4, -0.2) is 34.3 Å². The van der Waals surface area contributed by atoms with Gasteiger partial charge in [0, 0.05) is 24.2 Å². The smallest absolute Gasteiger partial charge is 0.327 e. The van der Waals surface area contributed by atoms with Gasteiger partial charge in [0.1, 0.15) is 6.04 Å². The van der Waals surface area contributed by atoms with Crippen molar-refractivity contribution in [3.63, 3.8) is 0 Å². The van der Waals surface area contributed by atoms with Crippen molar-refractivity contribution in [1.82, 2.24) is 9.88 Å². The summed E-state index contributed by atoms with van der Waals surface area (Å²) in [4.78, 5) is 30.3. The maximum atomic E-state index is 12.9. The number of benzene rings is 1. The molecule has 2 aromatic rings. The Balaban J connectivity index is 1.70. The third kappa shape index (κ3) is 4.71. The van der Waals surface area contributed by atoms with E-state index in [0.29, 0.717) is 24.5 Å². The number of amides is 2. The molecule has 1 aromatic heterocycles. The van der Waals surface area contributed by atoms with Crippen molar-refractivity contribution in [3.8, 4) is 0 Å². The minimum atomic E-state index is -4.58. The number of hydrogen-bond donors (Lipinski definition) is 1. The number of carbonyl (C=O) groups is 2. The van der Waals surface area contributed by atoms with Gasteiger partial charge in [0.25, 0.3) is 0 Å². The zero-order valence-corrected chi connectivity index (χ0v) is 15.9. The number of carbonyl (C=O) groups excluding carboxylic acids is 2. The normalized spacial score (nSPS) is 17.3. The Labute approximate surface area is 167 Å². The highest BCUT2D eigenvalue weighted by molar-refractivity contribution is 7.13. The van der Waals surface area contributed by atoms with Crippen LogP contribution in [0.25, 0.3) is 6.08 Å². The van der Waals surface area contributed by atoms with Gasteiger partial charge in [-0.05, 0) is 36.6 Å². The number of halogens is 4. The summed E-state index contributed by atoms with van der Waals surface area (Å²) in [5.41, 5.74) is -0.779. The third-order valence-electron chi connectivity index (χ3n) is 4.22. The fourth-order valence-corrected chi connectivity index (χ4v) is 3.66. The highest BCUT2D eigenvalue weighted by atomic mass is 35.5. The summed E-state index contributed by atoms with van der Waals surface area (Å²) in [6, 6.07) is 2.76. The molecule has 1 aromatic carbocycles. The van der Waals surface area contributed by atoms with Crippen LogP contribution in [0.4, 0.5) is 18.3 Å². The van der Waals surface area contributed by atoms with Crippen LogP contribution in [0.5, 0.6) is 0 Å². The molecule has 0 saturated carbocycles. The second-order valence-corrected chi connectivity index (χ2v) is 7.39. The lowest BCUT2D eigenvalue weighted by Gasteiger charge is -2.22. The second-order valence-electron chi connectivity index (χ2n) is 6.09. The number of hydrogen-bond acceptors (Lipinski definition) is 4. The Morgan fingerprint density at radius 3 is 2.82 bits per heavy atom. The van der Waals surface area contributed by atoms with Crippen molar-refractivity contribution in [2.45, 2.75) is 25.1 Å². The van der Waals surface area contributed by atoms with E-state index in [1.165, 1.54) is 34.5 Å². The SMILES string of the molecule is O=C(Nc1nccs1)C1CCCN1C(=O)/C=C/c1ccc(Cl)c(C(F)(F)F)c1. The molecule has 1 N–H and O–H groups in total. The predicted octanol–water partition coefficient (Wildman–Crippen LogP) is 4.46. The standard InChI is InChI=1S/C18H15ClF3N3O2S/c19-13-5-3-11(10-12(13)18(20,21)22)4-6-15(26)25-8-1-2-14(25)16(27)24-17-23-7-9-28-17/h3-7,9-10,14H,1-2,8H2,(H,23,24,27)/b6-4+. The quantitative estimate of drug-likeness (QED) is 0.730. The van der Waals surface area contributed by atoms with Gasteiger partial charge in [-0.25, -0.2) is 4.98 Å². The lowest BCUT2D eigenvalue weighted by atomic mass is 10.1. The molecule has 0 radical (unpaired) electrons. The molecule has 2 heterocycles. The topological polar surface area (TPSA) is 62.3 Å². The summed E-state index contributed by atoms with van der Waals surface area (Å²) in [6.07, 6.45) is 0.589. The fraction of sp³-hybridized carbons (Fsp3) is 0.278. The number of alkyl halides is 3. The average Bonchev–Trinajstić information content (AvgIpc) is 3.31. The third-order valence-corrected chi connectivity index (χ3v) is 5.23. The van der Waals surface area contributed by atoms with E-state index in [4.69, 9.17) is 11.6 Å². The van der Waals surface area contributed by atoms with Crippen LogP contribution < -0.4 is 5.32 Å². The zero-order chi connectivity index (χ0) is 20.3. The van der Waals surface area contributed by atoms with Crippen molar-refractivity contribution < 1.29 is 22.8 Å². The molecule has 1 unspecified atom stereocenters. The molecule has 1 saturated heterocycles. The second kappa shape index (κ2) is 8.32. The number of anilines is 1. The van der Waals surface area contributed by atoms with Crippen LogP contribution in [-0.2, 0) is 15.8 Å². The summed E-state index contributed by atoms with van der Waals surface area (Å²) in [5, 5.41) is 4.42. The molecule has 1 aliphatic heterocycles. The number of rotatable bonds is 4. The lowest BCUT2D eigenvalue weighted by molar-refractivity contribution is -0.137. The molecule has 1 atom stereocenters. The average molecular weight is 430 g/mol. The van der Waals surface area contributed by atoms with Crippen molar-refractivity contribution in [3.05, 3.63) is 52.0 Å². The number of nitrogens with zero attached hydrogens (tertiary/aromatic N) is 2. The largest absolute Gasteiger partial charge is 0.417 e. The van der Waals surface area contributed by atoms with Gasteiger partial charge in [0.15, 0.2) is 5.13 Å². The molecule has 10 heteroatoms. The first-order valence-electron chi connectivity index (χ1n) is 8.31. The van der Waals surface area contributed by atoms with Gasteiger partial charge >= 0.3 is 6.18 Å². The molecule has 148 valence electrons. The first-order valence-corrected chi connectivity index (χ1v) is 9.57. The number of aromatic nitrogens is 1. The van der Waals surface area contributed by atoms with Gasteiger partial charge in [-0.15, -0.1) is 11.3 Å². The molecular weight excluding hydrogens is 415 g/mol. The first-order chi connectivity index (χ1) is 13.3. The highest BCUT2D eigenvalue weighted by Crippen LogP contribution is 2.35. The summed E-state index contributed by atoms with van der Waals surface area (Å²) >= 11 is 6.86. The van der Waals surface area contributed by atoms with Crippen molar-refractivity contribution in [1.29, 1.82) is 0 Å². The minimum Gasteiger partial charge on any atom is -0.327 e. The van der Waals surface area contributed by atoms with E-state index in [2.05, 4.69) is 10.3 Å². The molecule has 28 heavy (non-hydrogen) atoms. The predicted molar refractivity (Wildman–Crippen MR) is 101 cm³/mol. The maximum absolute atomic E-state index is 12.9. The summed E-state index contributed by atoms with van der Waals surface area (Å²) in [5.74, 6) is -0.777.